The Balaban J connectivity index is 1.33. The first-order valence-corrected chi connectivity index (χ1v) is 13.0. The average molecular weight is 531 g/mol. The van der Waals surface area contributed by atoms with E-state index in [2.05, 4.69) is 46.3 Å². The van der Waals surface area contributed by atoms with E-state index in [-0.39, 0.29) is 11.5 Å². The first-order chi connectivity index (χ1) is 19.3. The Morgan fingerprint density at radius 1 is 0.800 bits per heavy atom. The van der Waals surface area contributed by atoms with Crippen molar-refractivity contribution < 1.29 is 14.7 Å². The Hall–Kier alpha value is -5.17. The highest BCUT2D eigenvalue weighted by Crippen LogP contribution is 2.27. The highest BCUT2D eigenvalue weighted by molar-refractivity contribution is 5.95. The van der Waals surface area contributed by atoms with Gasteiger partial charge in [-0.15, -0.1) is 0 Å². The van der Waals surface area contributed by atoms with Gasteiger partial charge >= 0.3 is 5.97 Å². The number of carbonyl (C=O) groups is 2. The van der Waals surface area contributed by atoms with Crippen LogP contribution in [0.1, 0.15) is 48.9 Å². The van der Waals surface area contributed by atoms with Gasteiger partial charge in [-0.05, 0) is 93.4 Å². The zero-order chi connectivity index (χ0) is 28.4. The van der Waals surface area contributed by atoms with Crippen LogP contribution in [0.5, 0.6) is 0 Å². The number of hydrazone groups is 1. The lowest BCUT2D eigenvalue weighted by atomic mass is 10.1. The molecule has 2 aromatic heterocycles. The molecule has 0 bridgehead atoms. The first-order valence-electron chi connectivity index (χ1n) is 13.0. The number of rotatable bonds is 7. The van der Waals surface area contributed by atoms with E-state index < -0.39 is 5.97 Å². The van der Waals surface area contributed by atoms with Crippen LogP contribution in [-0.4, -0.2) is 32.3 Å². The smallest absolute Gasteiger partial charge is 0.336 e. The van der Waals surface area contributed by atoms with E-state index in [0.29, 0.717) is 11.1 Å². The van der Waals surface area contributed by atoms with Gasteiger partial charge in [0.05, 0.1) is 17.5 Å². The molecule has 200 valence electrons. The molecular weight excluding hydrogens is 500 g/mol. The topological polar surface area (TPSA) is 88.6 Å². The Morgan fingerprint density at radius 3 is 2.23 bits per heavy atom. The number of aromatic carboxylic acids is 1. The third-order valence-corrected chi connectivity index (χ3v) is 7.15. The molecule has 0 unspecified atom stereocenters. The minimum absolute atomic E-state index is 0.265. The van der Waals surface area contributed by atoms with Crippen molar-refractivity contribution in [2.24, 2.45) is 5.10 Å². The first kappa shape index (κ1) is 26.4. The fraction of sp³-hybridized carbons (Fsp3) is 0.121. The van der Waals surface area contributed by atoms with Gasteiger partial charge in [-0.3, -0.25) is 4.79 Å². The van der Waals surface area contributed by atoms with Gasteiger partial charge in [0.1, 0.15) is 0 Å². The van der Waals surface area contributed by atoms with Crippen LogP contribution in [0.4, 0.5) is 0 Å². The second-order valence-corrected chi connectivity index (χ2v) is 9.72. The van der Waals surface area contributed by atoms with Gasteiger partial charge in [0, 0.05) is 39.6 Å². The van der Waals surface area contributed by atoms with Gasteiger partial charge in [0.2, 0.25) is 0 Å². The van der Waals surface area contributed by atoms with Gasteiger partial charge in [-0.1, -0.05) is 36.4 Å². The lowest BCUT2D eigenvalue weighted by molar-refractivity contribution is 0.0695. The molecule has 0 atom stereocenters. The van der Waals surface area contributed by atoms with E-state index in [1.54, 1.807) is 37.4 Å². The van der Waals surface area contributed by atoms with Crippen molar-refractivity contribution in [1.82, 2.24) is 14.6 Å². The second kappa shape index (κ2) is 10.9. The monoisotopic (exact) mass is 530 g/mol. The maximum absolute atomic E-state index is 12.8. The van der Waals surface area contributed by atoms with Crippen LogP contribution in [0.3, 0.4) is 0 Å². The number of aryl methyl sites for hydroxylation is 2. The molecule has 2 heterocycles. The van der Waals surface area contributed by atoms with Gasteiger partial charge in [-0.25, -0.2) is 10.2 Å². The molecule has 1 amide bonds. The molecule has 0 fully saturated rings. The van der Waals surface area contributed by atoms with Crippen LogP contribution in [0.2, 0.25) is 0 Å². The number of hydrogen-bond acceptors (Lipinski definition) is 3. The third-order valence-electron chi connectivity index (χ3n) is 7.15. The summed E-state index contributed by atoms with van der Waals surface area (Å²) >= 11 is 0. The number of carboxylic acid groups (broad SMARTS) is 1. The molecule has 7 heteroatoms. The number of nitrogens with zero attached hydrogens (tertiary/aromatic N) is 3. The fourth-order valence-corrected chi connectivity index (χ4v) is 5.09. The Kier molecular flexibility index (Phi) is 7.21. The summed E-state index contributed by atoms with van der Waals surface area (Å²) in [4.78, 5) is 24.4. The van der Waals surface area contributed by atoms with Crippen LogP contribution < -0.4 is 5.43 Å². The second-order valence-electron chi connectivity index (χ2n) is 9.72. The zero-order valence-corrected chi connectivity index (χ0v) is 22.8. The summed E-state index contributed by atoms with van der Waals surface area (Å²) in [6.45, 7) is 7.75. The molecule has 40 heavy (non-hydrogen) atoms. The van der Waals surface area contributed by atoms with E-state index in [1.165, 1.54) is 0 Å². The van der Waals surface area contributed by atoms with Crippen LogP contribution in [0, 0.1) is 27.7 Å². The molecule has 7 nitrogen and oxygen atoms in total. The van der Waals surface area contributed by atoms with Gasteiger partial charge in [0.25, 0.3) is 5.91 Å². The summed E-state index contributed by atoms with van der Waals surface area (Å²) in [7, 11) is 0. The molecule has 0 aliphatic carbocycles. The van der Waals surface area contributed by atoms with Gasteiger partial charge in [0.15, 0.2) is 0 Å². The predicted octanol–water partition coefficient (Wildman–Crippen LogP) is 6.63. The quantitative estimate of drug-likeness (QED) is 0.183. The Bertz CT molecular complexity index is 1740. The maximum Gasteiger partial charge on any atom is 0.336 e. The number of amides is 1. The van der Waals surface area contributed by atoms with Crippen LogP contribution in [0.25, 0.3) is 22.6 Å². The fourth-order valence-electron chi connectivity index (χ4n) is 5.09. The van der Waals surface area contributed by atoms with E-state index in [9.17, 15) is 14.7 Å². The zero-order valence-electron chi connectivity index (χ0n) is 22.8. The molecule has 0 radical (unpaired) electrons. The molecule has 0 saturated heterocycles. The molecule has 0 spiro atoms. The molecule has 5 aromatic rings. The van der Waals surface area contributed by atoms with Crippen LogP contribution >= 0.6 is 0 Å². The molecular formula is C33H30N4O3. The third kappa shape index (κ3) is 4.97. The van der Waals surface area contributed by atoms with Gasteiger partial charge in [-0.2, -0.15) is 5.10 Å². The Morgan fingerprint density at radius 2 is 1.52 bits per heavy atom. The van der Waals surface area contributed by atoms with E-state index in [4.69, 9.17) is 0 Å². The summed E-state index contributed by atoms with van der Waals surface area (Å²) in [6.07, 6.45) is 1.61. The minimum Gasteiger partial charge on any atom is -0.478 e. The summed E-state index contributed by atoms with van der Waals surface area (Å²) in [5, 5.41) is 13.7. The van der Waals surface area contributed by atoms with Crippen LogP contribution in [0.15, 0.2) is 96.1 Å². The number of nitrogens with one attached hydrogen (secondary N) is 1. The molecule has 0 saturated carbocycles. The summed E-state index contributed by atoms with van der Waals surface area (Å²) in [5.41, 5.74) is 11.8. The van der Waals surface area contributed by atoms with E-state index in [1.807, 2.05) is 60.9 Å². The van der Waals surface area contributed by atoms with E-state index in [0.717, 1.165) is 45.3 Å². The summed E-state index contributed by atoms with van der Waals surface area (Å²) < 4.78 is 4.16. The molecule has 0 aliphatic heterocycles. The van der Waals surface area contributed by atoms with Crippen molar-refractivity contribution in [3.8, 4) is 22.6 Å². The molecule has 3 aromatic carbocycles. The predicted molar refractivity (Wildman–Crippen MR) is 158 cm³/mol. The molecule has 0 aliphatic rings. The van der Waals surface area contributed by atoms with E-state index >= 15 is 0 Å². The lowest BCUT2D eigenvalue weighted by Crippen LogP contribution is -2.17. The maximum atomic E-state index is 12.8. The van der Waals surface area contributed by atoms with Crippen molar-refractivity contribution in [2.75, 3.05) is 0 Å². The largest absolute Gasteiger partial charge is 0.478 e. The Labute approximate surface area is 233 Å². The minimum atomic E-state index is -0.959. The van der Waals surface area contributed by atoms with Crippen molar-refractivity contribution in [3.63, 3.8) is 0 Å². The highest BCUT2D eigenvalue weighted by atomic mass is 16.4. The summed E-state index contributed by atoms with van der Waals surface area (Å²) in [5.74, 6) is -1.27. The SMILES string of the molecule is Cc1c(C(=O)O)cccc1-n1c(C)cc(/C=N/NC(=O)c2ccc(-n3c(C)ccc3-c3ccccc3)cc2)c1C. The molecule has 2 N–H and O–H groups in total. The summed E-state index contributed by atoms with van der Waals surface area (Å²) in [6, 6.07) is 29.0. The van der Waals surface area contributed by atoms with Crippen molar-refractivity contribution >= 4 is 18.1 Å². The highest BCUT2D eigenvalue weighted by Gasteiger charge is 2.16. The average Bonchev–Trinajstić information content (AvgIpc) is 3.47. The number of carboxylic acids is 1. The van der Waals surface area contributed by atoms with Gasteiger partial charge < -0.3 is 14.2 Å². The van der Waals surface area contributed by atoms with Crippen molar-refractivity contribution in [2.45, 2.75) is 27.7 Å². The standard InChI is InChI=1S/C33H30N4O3/c1-21-13-18-31(25-9-6-5-7-10-25)37(21)28-16-14-26(15-17-28)32(38)35-34-20-27-19-22(2)36(24(27)4)30-12-8-11-29(23(30)3)33(39)40/h5-20H,1-4H3,(H,35,38)(H,39,40)/b34-20+. The number of carbonyl (C=O) groups excluding carboxylic acids is 1. The normalized spacial score (nSPS) is 11.2. The number of hydrogen-bond donors (Lipinski definition) is 2. The van der Waals surface area contributed by atoms with Crippen molar-refractivity contribution in [1.29, 1.82) is 0 Å². The molecule has 5 rings (SSSR count). The number of aromatic nitrogens is 2. The lowest BCUT2D eigenvalue weighted by Gasteiger charge is -2.14. The van der Waals surface area contributed by atoms with Crippen LogP contribution in [-0.2, 0) is 0 Å². The van der Waals surface area contributed by atoms with Crippen molar-refractivity contribution in [3.05, 3.63) is 130 Å². The number of benzene rings is 3.